The van der Waals surface area contributed by atoms with Crippen LogP contribution in [0.5, 0.6) is 0 Å². The number of aromatic nitrogens is 4. The van der Waals surface area contributed by atoms with Crippen molar-refractivity contribution in [2.45, 2.75) is 26.6 Å². The standard InChI is InChI=1S/C21H20BrN5O/c1-15-21(22)18-8-4-5-9-19(18)27(15)12-20(28)24-10-16-6-2-3-7-17(16)11-26-14-23-13-25-26/h2-9,13-14H,10-12H2,1H3,(H,24,28). The zero-order chi connectivity index (χ0) is 19.5. The van der Waals surface area contributed by atoms with Crippen molar-refractivity contribution in [3.8, 4) is 0 Å². The van der Waals surface area contributed by atoms with Crippen molar-refractivity contribution in [2.75, 3.05) is 0 Å². The lowest BCUT2D eigenvalue weighted by Gasteiger charge is -2.12. The van der Waals surface area contributed by atoms with E-state index in [0.717, 1.165) is 32.2 Å². The fourth-order valence-corrected chi connectivity index (χ4v) is 3.91. The Morgan fingerprint density at radius 1 is 1.11 bits per heavy atom. The Kier molecular flexibility index (Phi) is 5.25. The van der Waals surface area contributed by atoms with Crippen molar-refractivity contribution >= 4 is 32.7 Å². The Balaban J connectivity index is 1.47. The molecule has 0 aliphatic heterocycles. The number of para-hydroxylation sites is 1. The van der Waals surface area contributed by atoms with Gasteiger partial charge in [-0.25, -0.2) is 9.67 Å². The highest BCUT2D eigenvalue weighted by atomic mass is 79.9. The van der Waals surface area contributed by atoms with Gasteiger partial charge in [0.2, 0.25) is 5.91 Å². The molecule has 2 heterocycles. The van der Waals surface area contributed by atoms with Crippen molar-refractivity contribution in [3.05, 3.63) is 82.5 Å². The van der Waals surface area contributed by atoms with Crippen LogP contribution < -0.4 is 5.32 Å². The van der Waals surface area contributed by atoms with Gasteiger partial charge in [-0.15, -0.1) is 0 Å². The summed E-state index contributed by atoms with van der Waals surface area (Å²) in [6.07, 6.45) is 3.21. The van der Waals surface area contributed by atoms with Crippen molar-refractivity contribution in [1.82, 2.24) is 24.6 Å². The summed E-state index contributed by atoms with van der Waals surface area (Å²) in [6, 6.07) is 16.1. The number of amides is 1. The lowest BCUT2D eigenvalue weighted by molar-refractivity contribution is -0.121. The maximum atomic E-state index is 12.6. The largest absolute Gasteiger partial charge is 0.350 e. The van der Waals surface area contributed by atoms with Gasteiger partial charge < -0.3 is 9.88 Å². The molecule has 0 saturated carbocycles. The van der Waals surface area contributed by atoms with Crippen molar-refractivity contribution in [3.63, 3.8) is 0 Å². The lowest BCUT2D eigenvalue weighted by Crippen LogP contribution is -2.28. The second kappa shape index (κ2) is 7.98. The minimum atomic E-state index is -0.0214. The quantitative estimate of drug-likeness (QED) is 0.500. The van der Waals surface area contributed by atoms with Crippen LogP contribution in [-0.2, 0) is 24.4 Å². The van der Waals surface area contributed by atoms with E-state index in [2.05, 4.69) is 37.4 Å². The molecule has 142 valence electrons. The van der Waals surface area contributed by atoms with E-state index in [1.54, 1.807) is 11.0 Å². The van der Waals surface area contributed by atoms with Gasteiger partial charge in [-0.1, -0.05) is 42.5 Å². The average Bonchev–Trinajstić information content (AvgIpc) is 3.30. The number of halogens is 1. The van der Waals surface area contributed by atoms with Crippen molar-refractivity contribution in [2.24, 2.45) is 0 Å². The van der Waals surface area contributed by atoms with Crippen molar-refractivity contribution in [1.29, 1.82) is 0 Å². The van der Waals surface area contributed by atoms with Gasteiger partial charge >= 0.3 is 0 Å². The monoisotopic (exact) mass is 437 g/mol. The fourth-order valence-electron chi connectivity index (χ4n) is 3.36. The summed E-state index contributed by atoms with van der Waals surface area (Å²) in [5.74, 6) is -0.0214. The molecule has 28 heavy (non-hydrogen) atoms. The lowest BCUT2D eigenvalue weighted by atomic mass is 10.1. The number of hydrogen-bond donors (Lipinski definition) is 1. The molecular formula is C21H20BrN5O. The molecular weight excluding hydrogens is 418 g/mol. The third kappa shape index (κ3) is 3.71. The van der Waals surface area contributed by atoms with Gasteiger partial charge in [0.1, 0.15) is 19.2 Å². The van der Waals surface area contributed by atoms with Gasteiger partial charge in [0, 0.05) is 27.6 Å². The van der Waals surface area contributed by atoms with E-state index in [1.807, 2.05) is 54.0 Å². The number of fused-ring (bicyclic) bond motifs is 1. The van der Waals surface area contributed by atoms with Crippen LogP contribution in [0.15, 0.2) is 65.7 Å². The van der Waals surface area contributed by atoms with E-state index >= 15 is 0 Å². The molecule has 2 aromatic heterocycles. The molecule has 0 fully saturated rings. The predicted molar refractivity (Wildman–Crippen MR) is 112 cm³/mol. The molecule has 0 bridgehead atoms. The van der Waals surface area contributed by atoms with Crippen LogP contribution in [0, 0.1) is 6.92 Å². The molecule has 7 heteroatoms. The normalized spacial score (nSPS) is 11.1. The number of carbonyl (C=O) groups is 1. The number of benzene rings is 2. The molecule has 6 nitrogen and oxygen atoms in total. The molecule has 1 amide bonds. The van der Waals surface area contributed by atoms with Gasteiger partial charge in [0.25, 0.3) is 0 Å². The van der Waals surface area contributed by atoms with Crippen LogP contribution in [0.4, 0.5) is 0 Å². The van der Waals surface area contributed by atoms with Crippen LogP contribution in [-0.4, -0.2) is 25.2 Å². The summed E-state index contributed by atoms with van der Waals surface area (Å²) in [6.45, 7) is 3.40. The highest BCUT2D eigenvalue weighted by Gasteiger charge is 2.14. The Labute approximate surface area is 171 Å². The number of nitrogens with one attached hydrogen (secondary N) is 1. The average molecular weight is 438 g/mol. The van der Waals surface area contributed by atoms with E-state index in [-0.39, 0.29) is 12.5 Å². The Morgan fingerprint density at radius 2 is 1.86 bits per heavy atom. The number of carbonyl (C=O) groups excluding carboxylic acids is 1. The van der Waals surface area contributed by atoms with Gasteiger partial charge in [-0.3, -0.25) is 4.79 Å². The second-order valence-electron chi connectivity index (χ2n) is 6.64. The van der Waals surface area contributed by atoms with Crippen LogP contribution in [0.2, 0.25) is 0 Å². The Morgan fingerprint density at radius 3 is 2.64 bits per heavy atom. The second-order valence-corrected chi connectivity index (χ2v) is 7.43. The number of hydrogen-bond acceptors (Lipinski definition) is 3. The topological polar surface area (TPSA) is 64.7 Å². The van der Waals surface area contributed by atoms with Crippen molar-refractivity contribution < 1.29 is 4.79 Å². The molecule has 1 N–H and O–H groups in total. The van der Waals surface area contributed by atoms with Gasteiger partial charge in [0.15, 0.2) is 0 Å². The molecule has 0 unspecified atom stereocenters. The van der Waals surface area contributed by atoms with E-state index in [9.17, 15) is 4.79 Å². The van der Waals surface area contributed by atoms with E-state index in [4.69, 9.17) is 0 Å². The summed E-state index contributed by atoms with van der Waals surface area (Å²) in [7, 11) is 0. The minimum Gasteiger partial charge on any atom is -0.350 e. The third-order valence-corrected chi connectivity index (χ3v) is 5.85. The van der Waals surface area contributed by atoms with Gasteiger partial charge in [-0.05, 0) is 40.0 Å². The zero-order valence-corrected chi connectivity index (χ0v) is 17.1. The molecule has 4 aromatic rings. The molecule has 4 rings (SSSR count). The molecule has 0 aliphatic carbocycles. The SMILES string of the molecule is Cc1c(Br)c2ccccc2n1CC(=O)NCc1ccccc1Cn1cncn1. The van der Waals surface area contributed by atoms with Gasteiger partial charge in [-0.2, -0.15) is 5.10 Å². The van der Waals surface area contributed by atoms with Crippen LogP contribution >= 0.6 is 15.9 Å². The third-order valence-electron chi connectivity index (χ3n) is 4.85. The summed E-state index contributed by atoms with van der Waals surface area (Å²) >= 11 is 3.64. The Hall–Kier alpha value is -2.93. The van der Waals surface area contributed by atoms with E-state index in [1.165, 1.54) is 6.33 Å². The molecule has 2 aromatic carbocycles. The predicted octanol–water partition coefficient (Wildman–Crippen LogP) is 3.67. The highest BCUT2D eigenvalue weighted by molar-refractivity contribution is 9.10. The van der Waals surface area contributed by atoms with E-state index < -0.39 is 0 Å². The first-order valence-electron chi connectivity index (χ1n) is 9.02. The molecule has 0 saturated heterocycles. The van der Waals surface area contributed by atoms with Crippen LogP contribution in [0.25, 0.3) is 10.9 Å². The van der Waals surface area contributed by atoms with Gasteiger partial charge in [0.05, 0.1) is 6.54 Å². The fraction of sp³-hybridized carbons (Fsp3) is 0.190. The minimum absolute atomic E-state index is 0.0214. The molecule has 0 atom stereocenters. The number of nitrogens with zero attached hydrogens (tertiary/aromatic N) is 4. The van der Waals surface area contributed by atoms with Crippen LogP contribution in [0.3, 0.4) is 0 Å². The first kappa shape index (κ1) is 18.4. The summed E-state index contributed by atoms with van der Waals surface area (Å²) in [5, 5.41) is 8.32. The summed E-state index contributed by atoms with van der Waals surface area (Å²) in [4.78, 5) is 16.6. The summed E-state index contributed by atoms with van der Waals surface area (Å²) < 4.78 is 4.85. The van der Waals surface area contributed by atoms with E-state index in [0.29, 0.717) is 13.1 Å². The molecule has 0 aliphatic rings. The molecule has 0 spiro atoms. The highest BCUT2D eigenvalue weighted by Crippen LogP contribution is 2.30. The number of rotatable bonds is 6. The smallest absolute Gasteiger partial charge is 0.240 e. The summed E-state index contributed by atoms with van der Waals surface area (Å²) in [5.41, 5.74) is 4.27. The molecule has 0 radical (unpaired) electrons. The first-order chi connectivity index (χ1) is 13.6. The first-order valence-corrected chi connectivity index (χ1v) is 9.82. The van der Waals surface area contributed by atoms with Crippen LogP contribution in [0.1, 0.15) is 16.8 Å². The Bertz CT molecular complexity index is 1120. The maximum Gasteiger partial charge on any atom is 0.240 e. The zero-order valence-electron chi connectivity index (χ0n) is 15.5. The maximum absolute atomic E-state index is 12.6.